The summed E-state index contributed by atoms with van der Waals surface area (Å²) in [6, 6.07) is 8.20. The Morgan fingerprint density at radius 2 is 1.89 bits per heavy atom. The summed E-state index contributed by atoms with van der Waals surface area (Å²) in [5.74, 6) is 0.0795. The number of benzene rings is 1. The maximum atomic E-state index is 11.4. The van der Waals surface area contributed by atoms with Gasteiger partial charge in [-0.3, -0.25) is 0 Å². The van der Waals surface area contributed by atoms with Crippen LogP contribution in [0.25, 0.3) is 0 Å². The van der Waals surface area contributed by atoms with Gasteiger partial charge in [0.05, 0.1) is 12.7 Å². The van der Waals surface area contributed by atoms with E-state index in [1.165, 1.54) is 13.3 Å². The van der Waals surface area contributed by atoms with E-state index >= 15 is 0 Å². The van der Waals surface area contributed by atoms with Crippen molar-refractivity contribution >= 4 is 40.7 Å². The lowest BCUT2D eigenvalue weighted by Gasteiger charge is -2.07. The van der Waals surface area contributed by atoms with Gasteiger partial charge in [0.15, 0.2) is 0 Å². The number of esters is 1. The lowest BCUT2D eigenvalue weighted by molar-refractivity contribution is 0.0600. The Bertz CT molecular complexity index is 597. The van der Waals surface area contributed by atoms with Crippen molar-refractivity contribution in [1.82, 2.24) is 4.98 Å². The van der Waals surface area contributed by atoms with Gasteiger partial charge in [-0.15, -0.1) is 0 Å². The molecule has 0 radical (unpaired) electrons. The van der Waals surface area contributed by atoms with E-state index in [0.717, 1.165) is 0 Å². The fourth-order valence-corrected chi connectivity index (χ4v) is 2.04. The van der Waals surface area contributed by atoms with E-state index in [1.807, 2.05) is 0 Å². The van der Waals surface area contributed by atoms with E-state index < -0.39 is 5.97 Å². The molecular formula is C13H10Cl2N2O2. The molecule has 0 saturated carbocycles. The molecule has 1 aromatic heterocycles. The molecule has 0 aliphatic heterocycles. The highest BCUT2D eigenvalue weighted by molar-refractivity contribution is 6.35. The van der Waals surface area contributed by atoms with Crippen LogP contribution in [0.3, 0.4) is 0 Å². The number of carbonyl (C=O) groups excluding carboxylic acids is 1. The zero-order valence-corrected chi connectivity index (χ0v) is 11.5. The first kappa shape index (κ1) is 13.6. The van der Waals surface area contributed by atoms with Gasteiger partial charge in [-0.25, -0.2) is 9.78 Å². The van der Waals surface area contributed by atoms with Crippen molar-refractivity contribution in [1.29, 1.82) is 0 Å². The summed E-state index contributed by atoms with van der Waals surface area (Å²) in [6.07, 6.45) is 1.51. The molecule has 0 fully saturated rings. The van der Waals surface area contributed by atoms with Crippen LogP contribution in [-0.4, -0.2) is 18.1 Å². The van der Waals surface area contributed by atoms with Gasteiger partial charge in [0, 0.05) is 21.9 Å². The number of anilines is 2. The minimum atomic E-state index is -0.422. The summed E-state index contributed by atoms with van der Waals surface area (Å²) in [7, 11) is 1.33. The monoisotopic (exact) mass is 296 g/mol. The van der Waals surface area contributed by atoms with Crippen LogP contribution < -0.4 is 5.32 Å². The molecule has 98 valence electrons. The first-order valence-electron chi connectivity index (χ1n) is 5.36. The number of hydrogen-bond donors (Lipinski definition) is 1. The van der Waals surface area contributed by atoms with Gasteiger partial charge in [0.2, 0.25) is 0 Å². The molecule has 19 heavy (non-hydrogen) atoms. The Hall–Kier alpha value is -1.78. The third-order valence-corrected chi connectivity index (χ3v) is 2.75. The number of pyridine rings is 1. The number of ether oxygens (including phenoxy) is 1. The van der Waals surface area contributed by atoms with Crippen LogP contribution in [0.1, 0.15) is 10.4 Å². The van der Waals surface area contributed by atoms with Crippen LogP contribution >= 0.6 is 23.2 Å². The molecule has 0 unspecified atom stereocenters. The average Bonchev–Trinajstić information content (AvgIpc) is 2.37. The van der Waals surface area contributed by atoms with Crippen molar-refractivity contribution < 1.29 is 9.53 Å². The molecule has 0 spiro atoms. The molecule has 1 N–H and O–H groups in total. The van der Waals surface area contributed by atoms with E-state index in [4.69, 9.17) is 23.2 Å². The molecule has 0 aliphatic carbocycles. The molecule has 1 heterocycles. The maximum Gasteiger partial charge on any atom is 0.338 e. The van der Waals surface area contributed by atoms with E-state index in [-0.39, 0.29) is 0 Å². The Balaban J connectivity index is 2.25. The zero-order chi connectivity index (χ0) is 13.8. The van der Waals surface area contributed by atoms with Gasteiger partial charge in [0.25, 0.3) is 0 Å². The van der Waals surface area contributed by atoms with Crippen LogP contribution in [-0.2, 0) is 4.74 Å². The second-order valence-corrected chi connectivity index (χ2v) is 4.58. The second-order valence-electron chi connectivity index (χ2n) is 3.70. The Kier molecular flexibility index (Phi) is 4.24. The van der Waals surface area contributed by atoms with Gasteiger partial charge in [0.1, 0.15) is 5.82 Å². The van der Waals surface area contributed by atoms with Crippen LogP contribution in [0.2, 0.25) is 10.0 Å². The molecule has 6 heteroatoms. The number of methoxy groups -OCH3 is 1. The largest absolute Gasteiger partial charge is 0.465 e. The van der Waals surface area contributed by atoms with Crippen LogP contribution in [0, 0.1) is 0 Å². The van der Waals surface area contributed by atoms with E-state index in [0.29, 0.717) is 27.1 Å². The summed E-state index contributed by atoms with van der Waals surface area (Å²) in [5.41, 5.74) is 1.10. The maximum absolute atomic E-state index is 11.4. The molecule has 0 bridgehead atoms. The van der Waals surface area contributed by atoms with Gasteiger partial charge in [-0.2, -0.15) is 0 Å². The quantitative estimate of drug-likeness (QED) is 0.872. The molecule has 0 atom stereocenters. The summed E-state index contributed by atoms with van der Waals surface area (Å²) >= 11 is 11.8. The van der Waals surface area contributed by atoms with Gasteiger partial charge in [-0.05, 0) is 30.3 Å². The Labute approximate surface area is 120 Å². The zero-order valence-electron chi connectivity index (χ0n) is 9.98. The van der Waals surface area contributed by atoms with Crippen LogP contribution in [0.4, 0.5) is 11.5 Å². The predicted molar refractivity (Wildman–Crippen MR) is 75.3 cm³/mol. The van der Waals surface area contributed by atoms with Crippen LogP contribution in [0.5, 0.6) is 0 Å². The van der Waals surface area contributed by atoms with Gasteiger partial charge in [-0.1, -0.05) is 23.2 Å². The third kappa shape index (κ3) is 3.59. The molecule has 4 nitrogen and oxygen atoms in total. The Morgan fingerprint density at radius 1 is 1.21 bits per heavy atom. The number of hydrogen-bond acceptors (Lipinski definition) is 4. The molecule has 0 aliphatic rings. The summed E-state index contributed by atoms with van der Waals surface area (Å²) in [6.45, 7) is 0. The number of rotatable bonds is 3. The topological polar surface area (TPSA) is 51.2 Å². The highest BCUT2D eigenvalue weighted by Crippen LogP contribution is 2.24. The first-order chi connectivity index (χ1) is 9.08. The number of nitrogens with one attached hydrogen (secondary N) is 1. The minimum absolute atomic E-state index is 0.410. The molecule has 1 aromatic carbocycles. The average molecular weight is 297 g/mol. The van der Waals surface area contributed by atoms with Crippen LogP contribution in [0.15, 0.2) is 36.5 Å². The van der Waals surface area contributed by atoms with E-state index in [9.17, 15) is 4.79 Å². The van der Waals surface area contributed by atoms with Crippen molar-refractivity contribution in [3.8, 4) is 0 Å². The number of halogens is 2. The lowest BCUT2D eigenvalue weighted by atomic mass is 10.2. The van der Waals surface area contributed by atoms with Crippen molar-refractivity contribution in [2.24, 2.45) is 0 Å². The predicted octanol–water partition coefficient (Wildman–Crippen LogP) is 3.92. The van der Waals surface area contributed by atoms with Crippen molar-refractivity contribution in [3.63, 3.8) is 0 Å². The molecule has 2 rings (SSSR count). The van der Waals surface area contributed by atoms with Crippen molar-refractivity contribution in [2.45, 2.75) is 0 Å². The SMILES string of the molecule is COC(=O)c1ccnc(Nc2cc(Cl)cc(Cl)c2)c1. The highest BCUT2D eigenvalue weighted by atomic mass is 35.5. The summed E-state index contributed by atoms with van der Waals surface area (Å²) < 4.78 is 4.64. The summed E-state index contributed by atoms with van der Waals surface area (Å²) in [5, 5.41) is 4.04. The third-order valence-electron chi connectivity index (χ3n) is 2.32. The Morgan fingerprint density at radius 3 is 2.53 bits per heavy atom. The minimum Gasteiger partial charge on any atom is -0.465 e. The molecule has 0 saturated heterocycles. The first-order valence-corrected chi connectivity index (χ1v) is 6.11. The van der Waals surface area contributed by atoms with Gasteiger partial charge >= 0.3 is 5.97 Å². The van der Waals surface area contributed by atoms with E-state index in [2.05, 4.69) is 15.0 Å². The standard InChI is InChI=1S/C13H10Cl2N2O2/c1-19-13(18)8-2-3-16-12(4-8)17-11-6-9(14)5-10(15)7-11/h2-7H,1H3,(H,16,17). The number of nitrogens with zero attached hydrogens (tertiary/aromatic N) is 1. The highest BCUT2D eigenvalue weighted by Gasteiger charge is 2.07. The van der Waals surface area contributed by atoms with Gasteiger partial charge < -0.3 is 10.1 Å². The molecular weight excluding hydrogens is 287 g/mol. The second kappa shape index (κ2) is 5.91. The lowest BCUT2D eigenvalue weighted by Crippen LogP contribution is -2.03. The number of carbonyl (C=O) groups is 1. The molecule has 2 aromatic rings. The number of aromatic nitrogens is 1. The molecule has 0 amide bonds. The van der Waals surface area contributed by atoms with Crippen molar-refractivity contribution in [2.75, 3.05) is 12.4 Å². The fraction of sp³-hybridized carbons (Fsp3) is 0.0769. The van der Waals surface area contributed by atoms with E-state index in [1.54, 1.807) is 30.3 Å². The smallest absolute Gasteiger partial charge is 0.338 e. The fourth-order valence-electron chi connectivity index (χ4n) is 1.52. The summed E-state index contributed by atoms with van der Waals surface area (Å²) in [4.78, 5) is 15.5. The van der Waals surface area contributed by atoms with Crippen molar-refractivity contribution in [3.05, 3.63) is 52.1 Å². The normalized spacial score (nSPS) is 10.1.